The van der Waals surface area contributed by atoms with E-state index in [4.69, 9.17) is 6.42 Å². The van der Waals surface area contributed by atoms with Gasteiger partial charge < -0.3 is 5.32 Å². The van der Waals surface area contributed by atoms with Gasteiger partial charge >= 0.3 is 12.2 Å². The maximum atomic E-state index is 13.6. The van der Waals surface area contributed by atoms with Crippen LogP contribution in [0.4, 0.5) is 23.7 Å². The van der Waals surface area contributed by atoms with E-state index in [1.807, 2.05) is 5.32 Å². The third kappa shape index (κ3) is 1.73. The lowest BCUT2D eigenvalue weighted by Gasteiger charge is -2.45. The lowest BCUT2D eigenvalue weighted by atomic mass is 9.77. The van der Waals surface area contributed by atoms with Crippen LogP contribution in [0.3, 0.4) is 0 Å². The normalized spacial score (nSPS) is 22.2. The summed E-state index contributed by atoms with van der Waals surface area (Å²) >= 11 is 0. The minimum absolute atomic E-state index is 0.0416. The zero-order valence-corrected chi connectivity index (χ0v) is 11.0. The summed E-state index contributed by atoms with van der Waals surface area (Å²) < 4.78 is 40.9. The van der Waals surface area contributed by atoms with E-state index in [2.05, 4.69) is 6.04 Å². The number of alkyl halides is 3. The third-order valence-electron chi connectivity index (χ3n) is 3.52. The molecule has 0 fully saturated rings. The van der Waals surface area contributed by atoms with Gasteiger partial charge in [0.1, 0.15) is 0 Å². The van der Waals surface area contributed by atoms with Crippen molar-refractivity contribution in [3.8, 4) is 12.5 Å². The zero-order valence-electron chi connectivity index (χ0n) is 11.0. The quantitative estimate of drug-likeness (QED) is 0.788. The highest BCUT2D eigenvalue weighted by Crippen LogP contribution is 2.49. The Hall–Kier alpha value is -2.16. The van der Waals surface area contributed by atoms with E-state index in [-0.39, 0.29) is 11.3 Å². The van der Waals surface area contributed by atoms with E-state index >= 15 is 0 Å². The Morgan fingerprint density at radius 2 is 1.95 bits per heavy atom. The lowest BCUT2D eigenvalue weighted by Crippen LogP contribution is -2.64. The van der Waals surface area contributed by atoms with Crippen LogP contribution in [-0.4, -0.2) is 12.2 Å². The van der Waals surface area contributed by atoms with E-state index in [1.165, 1.54) is 32.0 Å². The highest BCUT2D eigenvalue weighted by atomic mass is 19.4. The van der Waals surface area contributed by atoms with Gasteiger partial charge in [0.05, 0.1) is 5.69 Å². The number of anilines is 1. The summed E-state index contributed by atoms with van der Waals surface area (Å²) in [7, 11) is 0. The van der Waals surface area contributed by atoms with E-state index < -0.39 is 23.7 Å². The van der Waals surface area contributed by atoms with Crippen molar-refractivity contribution >= 4 is 11.7 Å². The number of carbonyl (C=O) groups is 1. The van der Waals surface area contributed by atoms with Gasteiger partial charge in [0.15, 0.2) is 5.54 Å². The van der Waals surface area contributed by atoms with Crippen LogP contribution in [0.1, 0.15) is 19.4 Å². The van der Waals surface area contributed by atoms with Crippen LogP contribution in [0, 0.1) is 18.4 Å². The average molecular weight is 282 g/mol. The van der Waals surface area contributed by atoms with Crippen molar-refractivity contribution < 1.29 is 18.0 Å². The molecule has 0 saturated carbocycles. The second-order valence-electron chi connectivity index (χ2n) is 4.87. The van der Waals surface area contributed by atoms with Gasteiger partial charge in [0.25, 0.3) is 0 Å². The molecule has 1 unspecified atom stereocenters. The van der Waals surface area contributed by atoms with Crippen molar-refractivity contribution in [2.75, 3.05) is 4.90 Å². The number of benzene rings is 1. The maximum Gasteiger partial charge on any atom is 0.416 e. The van der Waals surface area contributed by atoms with Gasteiger partial charge in [-0.25, -0.2) is 9.69 Å². The molecule has 2 amide bonds. The summed E-state index contributed by atoms with van der Waals surface area (Å²) in [5, 5.41) is 2.05. The molecule has 3 nitrogen and oxygen atoms in total. The highest BCUT2D eigenvalue weighted by Gasteiger charge is 2.62. The molecule has 2 rings (SSSR count). The third-order valence-corrected chi connectivity index (χ3v) is 3.52. The number of fused-ring (bicyclic) bond motifs is 1. The number of halogens is 3. The molecule has 0 aliphatic carbocycles. The first-order valence-corrected chi connectivity index (χ1v) is 6.00. The van der Waals surface area contributed by atoms with Gasteiger partial charge in [-0.2, -0.15) is 13.2 Å². The van der Waals surface area contributed by atoms with E-state index in [9.17, 15) is 18.0 Å². The highest BCUT2D eigenvalue weighted by molar-refractivity contribution is 5.99. The number of nitrogens with zero attached hydrogens (tertiary/aromatic N) is 1. The number of amides is 2. The number of terminal acetylenes is 1. The Morgan fingerprint density at radius 1 is 1.35 bits per heavy atom. The largest absolute Gasteiger partial charge is 0.416 e. The van der Waals surface area contributed by atoms with Crippen LogP contribution < -0.4 is 10.2 Å². The Bertz CT molecular complexity index is 589. The Morgan fingerprint density at radius 3 is 2.45 bits per heavy atom. The summed E-state index contributed by atoms with van der Waals surface area (Å²) in [5.41, 5.74) is -2.39. The molecule has 1 N–H and O–H groups in total. The molecule has 1 aliphatic heterocycles. The number of hydrogen-bond acceptors (Lipinski definition) is 1. The number of hydrogen-bond donors (Lipinski definition) is 1. The van der Waals surface area contributed by atoms with Gasteiger partial charge in [0.2, 0.25) is 0 Å². The Labute approximate surface area is 114 Å². The summed E-state index contributed by atoms with van der Waals surface area (Å²) in [6, 6.07) is 6.94. The molecule has 0 aromatic heterocycles. The van der Waals surface area contributed by atoms with Gasteiger partial charge in [-0.3, -0.25) is 0 Å². The van der Waals surface area contributed by atoms with E-state index in [1.54, 1.807) is 6.07 Å². The van der Waals surface area contributed by atoms with Crippen LogP contribution >= 0.6 is 0 Å². The minimum atomic E-state index is -4.63. The number of nitrogens with one attached hydrogen (secondary N) is 1. The number of rotatable bonds is 1. The monoisotopic (exact) mass is 282 g/mol. The predicted molar refractivity (Wildman–Crippen MR) is 68.9 cm³/mol. The Balaban J connectivity index is 2.79. The van der Waals surface area contributed by atoms with Crippen LogP contribution in [-0.2, 0) is 5.54 Å². The maximum absolute atomic E-state index is 13.6. The topological polar surface area (TPSA) is 32.3 Å². The van der Waals surface area contributed by atoms with Crippen molar-refractivity contribution in [3.05, 3.63) is 29.8 Å². The fourth-order valence-corrected chi connectivity index (χ4v) is 2.54. The van der Waals surface area contributed by atoms with E-state index in [0.717, 1.165) is 4.90 Å². The molecule has 20 heavy (non-hydrogen) atoms. The smallest absolute Gasteiger partial charge is 0.318 e. The van der Waals surface area contributed by atoms with Crippen LogP contribution in [0.15, 0.2) is 24.3 Å². The fraction of sp³-hybridized carbons (Fsp3) is 0.357. The second kappa shape index (κ2) is 4.44. The average Bonchev–Trinajstić information content (AvgIpc) is 2.36. The summed E-state index contributed by atoms with van der Waals surface area (Å²) in [5.74, 6) is -0.882. The molecule has 0 bridgehead atoms. The number of urea groups is 1. The molecular weight excluding hydrogens is 269 g/mol. The second-order valence-corrected chi connectivity index (χ2v) is 4.87. The first-order chi connectivity index (χ1) is 9.25. The lowest BCUT2D eigenvalue weighted by molar-refractivity contribution is -0.211. The predicted octanol–water partition coefficient (Wildman–Crippen LogP) is 3.22. The van der Waals surface area contributed by atoms with Crippen LogP contribution in [0.25, 0.3) is 0 Å². The molecule has 1 atom stereocenters. The number of para-hydroxylation sites is 1. The van der Waals surface area contributed by atoms with Gasteiger partial charge in [0, 0.05) is 11.6 Å². The van der Waals surface area contributed by atoms with Crippen molar-refractivity contribution in [2.45, 2.75) is 25.6 Å². The van der Waals surface area contributed by atoms with Crippen LogP contribution in [0.2, 0.25) is 0 Å². The van der Waals surface area contributed by atoms with Crippen molar-refractivity contribution in [1.29, 1.82) is 0 Å². The Kier molecular flexibility index (Phi) is 3.17. The molecule has 1 aromatic carbocycles. The molecule has 1 heterocycles. The molecule has 106 valence electrons. The first kappa shape index (κ1) is 14.3. The van der Waals surface area contributed by atoms with E-state index in [0.29, 0.717) is 0 Å². The van der Waals surface area contributed by atoms with Crippen molar-refractivity contribution in [2.24, 2.45) is 5.92 Å². The summed E-state index contributed by atoms with van der Waals surface area (Å²) in [6.45, 7) is 2.83. The van der Waals surface area contributed by atoms with Gasteiger partial charge in [-0.05, 0) is 12.0 Å². The molecule has 0 saturated heterocycles. The van der Waals surface area contributed by atoms with Crippen LogP contribution in [0.5, 0.6) is 0 Å². The molecule has 1 aromatic rings. The summed E-state index contributed by atoms with van der Waals surface area (Å²) in [4.78, 5) is 12.8. The zero-order chi connectivity index (χ0) is 15.1. The molecule has 1 aliphatic rings. The first-order valence-electron chi connectivity index (χ1n) is 6.00. The molecule has 0 radical (unpaired) electrons. The molecule has 6 heteroatoms. The molecule has 0 spiro atoms. The standard InChI is InChI=1S/C14H13F3N2O/c1-4-19-11-8-6-5-7-10(11)13(9(2)3,14(15,16)17)18-12(19)20/h1,5-9H,2-3H3,(H,18,20). The fourth-order valence-electron chi connectivity index (χ4n) is 2.54. The van der Waals surface area contributed by atoms with Crippen molar-refractivity contribution in [1.82, 2.24) is 5.32 Å². The van der Waals surface area contributed by atoms with Gasteiger partial charge in [-0.1, -0.05) is 38.5 Å². The SMILES string of the molecule is C#CN1C(=O)NC(C(C)C)(C(F)(F)F)c2ccccc21. The van der Waals surface area contributed by atoms with Crippen molar-refractivity contribution in [3.63, 3.8) is 0 Å². The molecular formula is C14H13F3N2O. The summed E-state index contributed by atoms with van der Waals surface area (Å²) in [6.07, 6.45) is 0.585. The minimum Gasteiger partial charge on any atom is -0.318 e. The van der Waals surface area contributed by atoms with Gasteiger partial charge in [-0.15, -0.1) is 0 Å². The number of carbonyl (C=O) groups excluding carboxylic acids is 1.